The topological polar surface area (TPSA) is 35.9 Å². The number of para-hydroxylation sites is 4. The highest BCUT2D eigenvalue weighted by molar-refractivity contribution is 6.16. The number of nitrogens with zero attached hydrogens (tertiary/aromatic N) is 3. The fourth-order valence-corrected chi connectivity index (χ4v) is 5.49. The van der Waals surface area contributed by atoms with Crippen LogP contribution in [0.5, 0.6) is 0 Å². The average molecular weight is 450 g/mol. The maximum atomic E-state index is 6.33. The molecule has 0 atom stereocenters. The van der Waals surface area contributed by atoms with Gasteiger partial charge in [0, 0.05) is 21.5 Å². The zero-order chi connectivity index (χ0) is 22.9. The Morgan fingerprint density at radius 2 is 0.971 bits per heavy atom. The van der Waals surface area contributed by atoms with Crippen molar-refractivity contribution >= 4 is 54.8 Å². The minimum atomic E-state index is 0.863. The number of benzene rings is 4. The second-order valence-electron chi connectivity index (χ2n) is 8.85. The van der Waals surface area contributed by atoms with E-state index in [2.05, 4.69) is 112 Å². The van der Waals surface area contributed by atoms with Crippen molar-refractivity contribution in [3.8, 4) is 11.6 Å². The van der Waals surface area contributed by atoms with Crippen molar-refractivity contribution in [3.05, 3.63) is 115 Å². The molecule has 164 valence electrons. The number of rotatable bonds is 2. The Labute approximate surface area is 200 Å². The molecule has 0 saturated carbocycles. The zero-order valence-corrected chi connectivity index (χ0v) is 18.7. The van der Waals surface area contributed by atoms with Gasteiger partial charge in [0.2, 0.25) is 0 Å². The number of hydrogen-bond donors (Lipinski definition) is 0. The van der Waals surface area contributed by atoms with Crippen LogP contribution in [0.1, 0.15) is 0 Å². The van der Waals surface area contributed by atoms with E-state index in [-0.39, 0.29) is 0 Å². The summed E-state index contributed by atoms with van der Waals surface area (Å²) in [6.45, 7) is 0. The van der Waals surface area contributed by atoms with Gasteiger partial charge in [-0.3, -0.25) is 9.13 Å². The van der Waals surface area contributed by atoms with Gasteiger partial charge in [0.1, 0.15) is 22.7 Å². The van der Waals surface area contributed by atoms with Crippen LogP contribution in [0, 0.1) is 0 Å². The Morgan fingerprint density at radius 3 is 1.66 bits per heavy atom. The molecule has 0 aliphatic heterocycles. The van der Waals surface area contributed by atoms with E-state index < -0.39 is 0 Å². The van der Waals surface area contributed by atoms with Gasteiger partial charge in [-0.25, -0.2) is 4.98 Å². The van der Waals surface area contributed by atoms with Crippen LogP contribution in [0.2, 0.25) is 0 Å². The fourth-order valence-electron chi connectivity index (χ4n) is 5.49. The summed E-state index contributed by atoms with van der Waals surface area (Å²) < 4.78 is 10.8. The lowest BCUT2D eigenvalue weighted by molar-refractivity contribution is 0.672. The molecule has 0 saturated heterocycles. The van der Waals surface area contributed by atoms with Crippen LogP contribution in [0.15, 0.2) is 120 Å². The standard InChI is InChI=1S/C31H19N3O/c1-5-14-24-20(10-1)21-11-2-6-15-25(21)33(24)28-18-9-19-29(32-28)34-26-16-7-3-12-22(26)31-30(34)23-13-4-8-17-27(23)35-31/h1-19H. The summed E-state index contributed by atoms with van der Waals surface area (Å²) in [6.07, 6.45) is 0. The SMILES string of the molecule is c1cc(-n2c3ccccc3c3ccccc32)nc(-n2c3ccccc3c3oc4ccccc4c32)c1. The lowest BCUT2D eigenvalue weighted by Gasteiger charge is -2.11. The van der Waals surface area contributed by atoms with Crippen LogP contribution in [-0.4, -0.2) is 14.1 Å². The van der Waals surface area contributed by atoms with Crippen LogP contribution >= 0.6 is 0 Å². The highest BCUT2D eigenvalue weighted by Gasteiger charge is 2.20. The largest absolute Gasteiger partial charge is 0.454 e. The van der Waals surface area contributed by atoms with Gasteiger partial charge < -0.3 is 4.42 Å². The monoisotopic (exact) mass is 449 g/mol. The highest BCUT2D eigenvalue weighted by Crippen LogP contribution is 2.38. The number of furan rings is 1. The van der Waals surface area contributed by atoms with Crippen LogP contribution in [0.3, 0.4) is 0 Å². The van der Waals surface area contributed by atoms with Crippen molar-refractivity contribution < 1.29 is 4.42 Å². The van der Waals surface area contributed by atoms with Crippen LogP contribution < -0.4 is 0 Å². The molecule has 0 aliphatic carbocycles. The fraction of sp³-hybridized carbons (Fsp3) is 0. The first-order valence-corrected chi connectivity index (χ1v) is 11.8. The third-order valence-electron chi connectivity index (χ3n) is 6.94. The molecule has 0 spiro atoms. The van der Waals surface area contributed by atoms with Gasteiger partial charge in [0.05, 0.1) is 16.6 Å². The smallest absolute Gasteiger partial charge is 0.161 e. The lowest BCUT2D eigenvalue weighted by atomic mass is 10.2. The van der Waals surface area contributed by atoms with Crippen molar-refractivity contribution in [2.45, 2.75) is 0 Å². The van der Waals surface area contributed by atoms with Crippen molar-refractivity contribution in [2.75, 3.05) is 0 Å². The van der Waals surface area contributed by atoms with Gasteiger partial charge in [0.25, 0.3) is 0 Å². The summed E-state index contributed by atoms with van der Waals surface area (Å²) in [5, 5.41) is 4.63. The molecule has 4 aromatic heterocycles. The van der Waals surface area contributed by atoms with E-state index in [0.717, 1.165) is 55.6 Å². The Hall–Kier alpha value is -4.83. The van der Waals surface area contributed by atoms with Crippen LogP contribution in [0.4, 0.5) is 0 Å². The molecular formula is C31H19N3O. The predicted octanol–water partition coefficient (Wildman–Crippen LogP) is 8.02. The van der Waals surface area contributed by atoms with Crippen molar-refractivity contribution in [1.82, 2.24) is 14.1 Å². The van der Waals surface area contributed by atoms with Crippen molar-refractivity contribution in [2.24, 2.45) is 0 Å². The molecule has 4 heterocycles. The predicted molar refractivity (Wildman–Crippen MR) is 143 cm³/mol. The molecular weight excluding hydrogens is 430 g/mol. The molecule has 4 heteroatoms. The first-order valence-electron chi connectivity index (χ1n) is 11.8. The van der Waals surface area contributed by atoms with Gasteiger partial charge in [0.15, 0.2) is 5.58 Å². The molecule has 8 aromatic rings. The van der Waals surface area contributed by atoms with Gasteiger partial charge in [-0.15, -0.1) is 0 Å². The summed E-state index contributed by atoms with van der Waals surface area (Å²) in [5.41, 5.74) is 6.21. The second kappa shape index (κ2) is 6.84. The summed E-state index contributed by atoms with van der Waals surface area (Å²) in [6, 6.07) is 39.9. The second-order valence-corrected chi connectivity index (χ2v) is 8.85. The molecule has 0 unspecified atom stereocenters. The first kappa shape index (κ1) is 18.6. The highest BCUT2D eigenvalue weighted by atomic mass is 16.3. The molecule has 0 N–H and O–H groups in total. The van der Waals surface area contributed by atoms with Crippen LogP contribution in [-0.2, 0) is 0 Å². The van der Waals surface area contributed by atoms with E-state index in [1.807, 2.05) is 12.1 Å². The Kier molecular flexibility index (Phi) is 3.63. The van der Waals surface area contributed by atoms with Gasteiger partial charge in [-0.2, -0.15) is 0 Å². The number of hydrogen-bond acceptors (Lipinski definition) is 2. The molecule has 0 radical (unpaired) electrons. The maximum Gasteiger partial charge on any atom is 0.161 e. The Morgan fingerprint density at radius 1 is 0.457 bits per heavy atom. The summed E-state index contributed by atoms with van der Waals surface area (Å²) in [4.78, 5) is 5.23. The molecule has 4 nitrogen and oxygen atoms in total. The summed E-state index contributed by atoms with van der Waals surface area (Å²) >= 11 is 0. The van der Waals surface area contributed by atoms with E-state index in [4.69, 9.17) is 9.40 Å². The number of fused-ring (bicyclic) bond motifs is 8. The third-order valence-corrected chi connectivity index (χ3v) is 6.94. The van der Waals surface area contributed by atoms with Gasteiger partial charge in [-0.1, -0.05) is 66.7 Å². The van der Waals surface area contributed by atoms with E-state index >= 15 is 0 Å². The first-order chi connectivity index (χ1) is 17.4. The van der Waals surface area contributed by atoms with Gasteiger partial charge >= 0.3 is 0 Å². The van der Waals surface area contributed by atoms with Crippen molar-refractivity contribution in [3.63, 3.8) is 0 Å². The Bertz CT molecular complexity index is 2010. The molecule has 0 amide bonds. The lowest BCUT2D eigenvalue weighted by Crippen LogP contribution is -2.03. The van der Waals surface area contributed by atoms with E-state index in [9.17, 15) is 0 Å². The summed E-state index contributed by atoms with van der Waals surface area (Å²) in [5.74, 6) is 1.75. The van der Waals surface area contributed by atoms with E-state index in [1.54, 1.807) is 0 Å². The minimum absolute atomic E-state index is 0.863. The summed E-state index contributed by atoms with van der Waals surface area (Å²) in [7, 11) is 0. The molecule has 0 fully saturated rings. The maximum absolute atomic E-state index is 6.33. The quantitative estimate of drug-likeness (QED) is 0.268. The van der Waals surface area contributed by atoms with E-state index in [0.29, 0.717) is 0 Å². The third kappa shape index (κ3) is 2.48. The molecule has 4 aromatic carbocycles. The van der Waals surface area contributed by atoms with Gasteiger partial charge in [-0.05, 0) is 48.5 Å². The number of pyridine rings is 1. The Balaban J connectivity index is 1.47. The molecule has 0 aliphatic rings. The molecule has 35 heavy (non-hydrogen) atoms. The van der Waals surface area contributed by atoms with Crippen LogP contribution in [0.25, 0.3) is 66.4 Å². The van der Waals surface area contributed by atoms with E-state index in [1.165, 1.54) is 10.8 Å². The minimum Gasteiger partial charge on any atom is -0.454 e. The molecule has 8 rings (SSSR count). The zero-order valence-electron chi connectivity index (χ0n) is 18.7. The normalized spacial score (nSPS) is 12.0. The average Bonchev–Trinajstić information content (AvgIpc) is 3.56. The number of aromatic nitrogens is 3. The van der Waals surface area contributed by atoms with Crippen molar-refractivity contribution in [1.29, 1.82) is 0 Å². The molecule has 0 bridgehead atoms.